The third kappa shape index (κ3) is 2.68. The van der Waals surface area contributed by atoms with Crippen LogP contribution >= 0.6 is 0 Å². The number of nitrogens with zero attached hydrogens (tertiary/aromatic N) is 1. The Labute approximate surface area is 111 Å². The number of ether oxygens (including phenoxy) is 2. The second kappa shape index (κ2) is 5.02. The minimum Gasteiger partial charge on any atom is -0.624 e. The van der Waals surface area contributed by atoms with Gasteiger partial charge in [0.1, 0.15) is 0 Å². The van der Waals surface area contributed by atoms with Crippen molar-refractivity contribution in [3.63, 3.8) is 0 Å². The highest BCUT2D eigenvalue weighted by molar-refractivity contribution is 5.77. The fourth-order valence-electron chi connectivity index (χ4n) is 1.97. The molecule has 0 aliphatic carbocycles. The first-order valence-electron chi connectivity index (χ1n) is 6.03. The Kier molecular flexibility index (Phi) is 3.06. The standard InChI is InChI=1S/C15H13NO3/c17-16(9-12-4-2-1-3-5-12)10-13-6-7-14-15(8-13)19-11-18-14/h1-8,10H,9,11H2/b16-10-. The molecule has 0 N–H and O–H groups in total. The van der Waals surface area contributed by atoms with E-state index in [2.05, 4.69) is 0 Å². The molecule has 0 atom stereocenters. The molecule has 1 aliphatic rings. The molecule has 1 heterocycles. The van der Waals surface area contributed by atoms with E-state index in [1.807, 2.05) is 42.5 Å². The van der Waals surface area contributed by atoms with Crippen LogP contribution in [0.3, 0.4) is 0 Å². The second-order valence-corrected chi connectivity index (χ2v) is 4.30. The monoisotopic (exact) mass is 255 g/mol. The van der Waals surface area contributed by atoms with Crippen molar-refractivity contribution in [2.24, 2.45) is 0 Å². The third-order valence-electron chi connectivity index (χ3n) is 2.87. The number of hydrogen-bond acceptors (Lipinski definition) is 3. The summed E-state index contributed by atoms with van der Waals surface area (Å²) in [6.45, 7) is 0.569. The quantitative estimate of drug-likeness (QED) is 0.366. The van der Waals surface area contributed by atoms with Gasteiger partial charge in [-0.2, -0.15) is 0 Å². The van der Waals surface area contributed by atoms with Crippen LogP contribution in [0, 0.1) is 5.21 Å². The Hall–Kier alpha value is -2.49. The fraction of sp³-hybridized carbons (Fsp3) is 0.133. The zero-order valence-corrected chi connectivity index (χ0v) is 10.3. The Morgan fingerprint density at radius 2 is 1.84 bits per heavy atom. The van der Waals surface area contributed by atoms with Gasteiger partial charge >= 0.3 is 0 Å². The molecular formula is C15H13NO3. The number of benzene rings is 2. The van der Waals surface area contributed by atoms with Gasteiger partial charge in [-0.15, -0.1) is 0 Å². The summed E-state index contributed by atoms with van der Waals surface area (Å²) >= 11 is 0. The van der Waals surface area contributed by atoms with Crippen LogP contribution in [-0.2, 0) is 6.54 Å². The first kappa shape index (κ1) is 11.6. The molecule has 0 amide bonds. The average molecular weight is 255 g/mol. The van der Waals surface area contributed by atoms with Crippen LogP contribution in [0.25, 0.3) is 0 Å². The lowest BCUT2D eigenvalue weighted by Gasteiger charge is -2.04. The van der Waals surface area contributed by atoms with Crippen molar-refractivity contribution >= 4 is 6.21 Å². The number of hydroxylamine groups is 1. The Balaban J connectivity index is 1.77. The van der Waals surface area contributed by atoms with E-state index in [-0.39, 0.29) is 6.79 Å². The van der Waals surface area contributed by atoms with E-state index in [1.165, 1.54) is 0 Å². The highest BCUT2D eigenvalue weighted by atomic mass is 16.7. The number of rotatable bonds is 3. The fourth-order valence-corrected chi connectivity index (χ4v) is 1.97. The number of fused-ring (bicyclic) bond motifs is 1. The van der Waals surface area contributed by atoms with Crippen molar-refractivity contribution in [3.05, 3.63) is 64.9 Å². The van der Waals surface area contributed by atoms with Crippen LogP contribution in [-0.4, -0.2) is 17.7 Å². The molecule has 19 heavy (non-hydrogen) atoms. The maximum atomic E-state index is 11.9. The van der Waals surface area contributed by atoms with Crippen LogP contribution in [0.1, 0.15) is 11.1 Å². The molecule has 0 unspecified atom stereocenters. The summed E-state index contributed by atoms with van der Waals surface area (Å²) in [6, 6.07) is 15.1. The molecule has 0 spiro atoms. The van der Waals surface area contributed by atoms with Gasteiger partial charge in [0.25, 0.3) is 0 Å². The molecule has 0 saturated carbocycles. The Bertz CT molecular complexity index is 608. The minimum absolute atomic E-state index is 0.240. The van der Waals surface area contributed by atoms with Gasteiger partial charge < -0.3 is 14.7 Å². The molecule has 2 aromatic carbocycles. The van der Waals surface area contributed by atoms with Gasteiger partial charge in [0.15, 0.2) is 24.3 Å². The summed E-state index contributed by atoms with van der Waals surface area (Å²) in [6.07, 6.45) is 1.55. The number of hydrogen-bond donors (Lipinski definition) is 0. The second-order valence-electron chi connectivity index (χ2n) is 4.30. The third-order valence-corrected chi connectivity index (χ3v) is 2.87. The van der Waals surface area contributed by atoms with Gasteiger partial charge in [0, 0.05) is 11.1 Å². The van der Waals surface area contributed by atoms with Gasteiger partial charge in [0.2, 0.25) is 6.79 Å². The molecule has 96 valence electrons. The summed E-state index contributed by atoms with van der Waals surface area (Å²) < 4.78 is 11.4. The van der Waals surface area contributed by atoms with Crippen molar-refractivity contribution in [2.45, 2.75) is 6.54 Å². The molecule has 0 aromatic heterocycles. The summed E-state index contributed by atoms with van der Waals surface area (Å²) in [7, 11) is 0. The molecule has 1 aliphatic heterocycles. The largest absolute Gasteiger partial charge is 0.624 e. The lowest BCUT2D eigenvalue weighted by Crippen LogP contribution is -2.05. The first-order valence-corrected chi connectivity index (χ1v) is 6.03. The molecule has 0 fully saturated rings. The van der Waals surface area contributed by atoms with Gasteiger partial charge in [-0.05, 0) is 18.2 Å². The van der Waals surface area contributed by atoms with E-state index in [9.17, 15) is 5.21 Å². The van der Waals surface area contributed by atoms with Crippen LogP contribution in [0.4, 0.5) is 0 Å². The van der Waals surface area contributed by atoms with Crippen molar-refractivity contribution in [1.29, 1.82) is 0 Å². The Morgan fingerprint density at radius 3 is 2.68 bits per heavy atom. The van der Waals surface area contributed by atoms with E-state index >= 15 is 0 Å². The van der Waals surface area contributed by atoms with Crippen molar-refractivity contribution < 1.29 is 14.2 Å². The van der Waals surface area contributed by atoms with Crippen molar-refractivity contribution in [2.75, 3.05) is 6.79 Å². The van der Waals surface area contributed by atoms with E-state index in [0.717, 1.165) is 21.6 Å². The maximum absolute atomic E-state index is 11.9. The highest BCUT2D eigenvalue weighted by Crippen LogP contribution is 2.31. The topological polar surface area (TPSA) is 44.5 Å². The zero-order chi connectivity index (χ0) is 13.1. The van der Waals surface area contributed by atoms with E-state index in [0.29, 0.717) is 12.3 Å². The van der Waals surface area contributed by atoms with Crippen LogP contribution in [0.2, 0.25) is 0 Å². The molecule has 0 bridgehead atoms. The first-order chi connectivity index (χ1) is 9.31. The van der Waals surface area contributed by atoms with Gasteiger partial charge in [-0.1, -0.05) is 30.3 Å². The molecular weight excluding hydrogens is 242 g/mol. The summed E-state index contributed by atoms with van der Waals surface area (Å²) in [5.41, 5.74) is 1.78. The van der Waals surface area contributed by atoms with Crippen molar-refractivity contribution in [1.82, 2.24) is 0 Å². The van der Waals surface area contributed by atoms with Crippen LogP contribution in [0.5, 0.6) is 11.5 Å². The SMILES string of the molecule is [O-]/[N+](=C\c1ccc2c(c1)OCO2)Cc1ccccc1. The molecule has 0 radical (unpaired) electrons. The minimum atomic E-state index is 0.240. The van der Waals surface area contributed by atoms with Gasteiger partial charge in [0.05, 0.1) is 0 Å². The van der Waals surface area contributed by atoms with E-state index in [4.69, 9.17) is 9.47 Å². The summed E-state index contributed by atoms with van der Waals surface area (Å²) in [5, 5.41) is 11.9. The Morgan fingerprint density at radius 1 is 1.05 bits per heavy atom. The lowest BCUT2D eigenvalue weighted by molar-refractivity contribution is -0.469. The predicted molar refractivity (Wildman–Crippen MR) is 71.5 cm³/mol. The molecule has 4 nitrogen and oxygen atoms in total. The predicted octanol–water partition coefficient (Wildman–Crippen LogP) is 2.54. The van der Waals surface area contributed by atoms with E-state index < -0.39 is 0 Å². The zero-order valence-electron chi connectivity index (χ0n) is 10.3. The smallest absolute Gasteiger partial charge is 0.231 e. The summed E-state index contributed by atoms with van der Waals surface area (Å²) in [5.74, 6) is 1.40. The molecule has 3 rings (SSSR count). The maximum Gasteiger partial charge on any atom is 0.231 e. The van der Waals surface area contributed by atoms with Gasteiger partial charge in [-0.25, -0.2) is 4.74 Å². The highest BCUT2D eigenvalue weighted by Gasteiger charge is 2.13. The van der Waals surface area contributed by atoms with Crippen molar-refractivity contribution in [3.8, 4) is 11.5 Å². The molecule has 4 heteroatoms. The molecule has 2 aromatic rings. The normalized spacial score (nSPS) is 13.6. The average Bonchev–Trinajstić information content (AvgIpc) is 2.87. The van der Waals surface area contributed by atoms with E-state index in [1.54, 1.807) is 12.3 Å². The summed E-state index contributed by atoms with van der Waals surface area (Å²) in [4.78, 5) is 0. The van der Waals surface area contributed by atoms with Crippen LogP contribution < -0.4 is 9.47 Å². The van der Waals surface area contributed by atoms with Gasteiger partial charge in [-0.3, -0.25) is 0 Å². The molecule has 0 saturated heterocycles. The van der Waals surface area contributed by atoms with Crippen LogP contribution in [0.15, 0.2) is 48.5 Å². The lowest BCUT2D eigenvalue weighted by atomic mass is 10.2.